The van der Waals surface area contributed by atoms with Crippen molar-refractivity contribution in [2.24, 2.45) is 5.92 Å². The first-order valence-corrected chi connectivity index (χ1v) is 7.49. The molecule has 0 aromatic carbocycles. The number of rotatable bonds is 5. The van der Waals surface area contributed by atoms with Gasteiger partial charge < -0.3 is 10.4 Å². The first-order chi connectivity index (χ1) is 8.79. The summed E-state index contributed by atoms with van der Waals surface area (Å²) in [5.74, 6) is 0.108. The van der Waals surface area contributed by atoms with E-state index in [2.05, 4.69) is 31.1 Å². The molecule has 1 aromatic rings. The van der Waals surface area contributed by atoms with Crippen LogP contribution in [0.2, 0.25) is 0 Å². The number of hydrogen-bond acceptors (Lipinski definition) is 4. The van der Waals surface area contributed by atoms with Crippen LogP contribution >= 0.6 is 11.3 Å². The number of carbonyl (C=O) groups is 1. The maximum Gasteiger partial charge on any atom is 0.263 e. The molecule has 4 nitrogen and oxygen atoms in total. The average molecular weight is 284 g/mol. The molecule has 0 spiro atoms. The minimum atomic E-state index is -0.197. The second kappa shape index (κ2) is 6.48. The lowest BCUT2D eigenvalue weighted by atomic mass is 9.98. The van der Waals surface area contributed by atoms with Gasteiger partial charge in [-0.15, -0.1) is 11.3 Å². The van der Waals surface area contributed by atoms with E-state index in [0.717, 1.165) is 11.4 Å². The van der Waals surface area contributed by atoms with Crippen molar-refractivity contribution >= 4 is 17.2 Å². The van der Waals surface area contributed by atoms with Gasteiger partial charge in [0.15, 0.2) is 0 Å². The molecule has 108 valence electrons. The van der Waals surface area contributed by atoms with E-state index in [1.807, 2.05) is 13.8 Å². The second-order valence-corrected chi connectivity index (χ2v) is 6.96. The Morgan fingerprint density at radius 2 is 2.16 bits per heavy atom. The highest BCUT2D eigenvalue weighted by Gasteiger charge is 2.23. The molecule has 0 aliphatic carbocycles. The average Bonchev–Trinajstić information content (AvgIpc) is 2.84. The molecule has 19 heavy (non-hydrogen) atoms. The Hall–Kier alpha value is -0.940. The summed E-state index contributed by atoms with van der Waals surface area (Å²) in [6.07, 6.45) is 2.53. The predicted octanol–water partition coefficient (Wildman–Crippen LogP) is 2.58. The lowest BCUT2D eigenvalue weighted by Crippen LogP contribution is -2.41. The Kier molecular flexibility index (Phi) is 5.50. The molecule has 0 aliphatic heterocycles. The zero-order chi connectivity index (χ0) is 14.6. The molecular formula is C14H24N2O2S. The smallest absolute Gasteiger partial charge is 0.263 e. The van der Waals surface area contributed by atoms with Crippen LogP contribution in [0.5, 0.6) is 0 Å². The van der Waals surface area contributed by atoms with Crippen LogP contribution in [-0.4, -0.2) is 28.6 Å². The van der Waals surface area contributed by atoms with Crippen LogP contribution in [0.1, 0.15) is 55.7 Å². The first kappa shape index (κ1) is 16.1. The van der Waals surface area contributed by atoms with Gasteiger partial charge in [-0.2, -0.15) is 0 Å². The third-order valence-electron chi connectivity index (χ3n) is 3.22. The van der Waals surface area contributed by atoms with Crippen molar-refractivity contribution in [3.8, 4) is 0 Å². The zero-order valence-corrected chi connectivity index (χ0v) is 13.2. The van der Waals surface area contributed by atoms with Gasteiger partial charge in [0.2, 0.25) is 0 Å². The lowest BCUT2D eigenvalue weighted by molar-refractivity contribution is 0.0895. The SMILES string of the molecule is CC[C@@H](C)[C@H](CO)NC(=O)c1cnc(C(C)(C)C)s1. The molecule has 2 N–H and O–H groups in total. The van der Waals surface area contributed by atoms with Gasteiger partial charge in [-0.3, -0.25) is 4.79 Å². The highest BCUT2D eigenvalue weighted by molar-refractivity contribution is 7.13. The van der Waals surface area contributed by atoms with Crippen LogP contribution < -0.4 is 5.32 Å². The molecule has 0 saturated heterocycles. The molecule has 1 amide bonds. The van der Waals surface area contributed by atoms with Crippen molar-refractivity contribution in [2.75, 3.05) is 6.61 Å². The van der Waals surface area contributed by atoms with E-state index in [1.165, 1.54) is 11.3 Å². The monoisotopic (exact) mass is 284 g/mol. The number of nitrogens with zero attached hydrogens (tertiary/aromatic N) is 1. The summed E-state index contributed by atoms with van der Waals surface area (Å²) in [7, 11) is 0. The van der Waals surface area contributed by atoms with E-state index >= 15 is 0 Å². The van der Waals surface area contributed by atoms with Crippen molar-refractivity contribution < 1.29 is 9.90 Å². The number of aliphatic hydroxyl groups is 1. The summed E-state index contributed by atoms with van der Waals surface area (Å²) in [4.78, 5) is 17.0. The third kappa shape index (κ3) is 4.28. The normalized spacial score (nSPS) is 15.1. The van der Waals surface area contributed by atoms with Gasteiger partial charge in [0, 0.05) is 5.41 Å². The molecule has 1 rings (SSSR count). The standard InChI is InChI=1S/C14H24N2O2S/c1-6-9(2)10(8-17)16-12(18)11-7-15-13(19-11)14(3,4)5/h7,9-10,17H,6,8H2,1-5H3,(H,16,18)/t9-,10+/m1/s1. The van der Waals surface area contributed by atoms with E-state index in [0.29, 0.717) is 4.88 Å². The molecule has 0 bridgehead atoms. The van der Waals surface area contributed by atoms with E-state index in [9.17, 15) is 9.90 Å². The molecule has 5 heteroatoms. The van der Waals surface area contributed by atoms with Gasteiger partial charge in [0.25, 0.3) is 5.91 Å². The van der Waals surface area contributed by atoms with Gasteiger partial charge in [-0.05, 0) is 5.92 Å². The fourth-order valence-electron chi connectivity index (χ4n) is 1.62. The molecule has 1 aromatic heterocycles. The van der Waals surface area contributed by atoms with Crippen molar-refractivity contribution in [2.45, 2.75) is 52.5 Å². The summed E-state index contributed by atoms with van der Waals surface area (Å²) in [6.45, 7) is 10.2. The largest absolute Gasteiger partial charge is 0.394 e. The Bertz CT molecular complexity index is 423. The number of hydrogen-bond donors (Lipinski definition) is 2. The summed E-state index contributed by atoms with van der Waals surface area (Å²) in [5.41, 5.74) is -0.0454. The van der Waals surface area contributed by atoms with Crippen molar-refractivity contribution in [1.29, 1.82) is 0 Å². The van der Waals surface area contributed by atoms with Gasteiger partial charge in [-0.25, -0.2) is 4.98 Å². The number of aromatic nitrogens is 1. The van der Waals surface area contributed by atoms with Gasteiger partial charge >= 0.3 is 0 Å². The number of aliphatic hydroxyl groups excluding tert-OH is 1. The lowest BCUT2D eigenvalue weighted by Gasteiger charge is -2.21. The second-order valence-electron chi connectivity index (χ2n) is 5.93. The van der Waals surface area contributed by atoms with Crippen molar-refractivity contribution in [3.63, 3.8) is 0 Å². The topological polar surface area (TPSA) is 62.2 Å². The van der Waals surface area contributed by atoms with E-state index in [-0.39, 0.29) is 29.9 Å². The van der Waals surface area contributed by atoms with Crippen molar-refractivity contribution in [1.82, 2.24) is 10.3 Å². The van der Waals surface area contributed by atoms with Crippen LogP contribution in [0.25, 0.3) is 0 Å². The Balaban J connectivity index is 2.75. The highest BCUT2D eigenvalue weighted by Crippen LogP contribution is 2.26. The number of nitrogens with one attached hydrogen (secondary N) is 1. The summed E-state index contributed by atoms with van der Waals surface area (Å²) in [6, 6.07) is -0.197. The molecule has 1 heterocycles. The molecule has 0 unspecified atom stereocenters. The maximum atomic E-state index is 12.1. The molecule has 0 saturated carbocycles. The number of amides is 1. The zero-order valence-electron chi connectivity index (χ0n) is 12.4. The van der Waals surface area contributed by atoms with Crippen LogP contribution in [0.3, 0.4) is 0 Å². The van der Waals surface area contributed by atoms with Gasteiger partial charge in [0.1, 0.15) is 4.88 Å². The minimum absolute atomic E-state index is 0.0360. The van der Waals surface area contributed by atoms with Crippen molar-refractivity contribution in [3.05, 3.63) is 16.1 Å². The summed E-state index contributed by atoms with van der Waals surface area (Å²) in [5, 5.41) is 13.2. The van der Waals surface area contributed by atoms with Gasteiger partial charge in [0.05, 0.1) is 23.9 Å². The first-order valence-electron chi connectivity index (χ1n) is 6.67. The summed E-state index contributed by atoms with van der Waals surface area (Å²) < 4.78 is 0. The van der Waals surface area contributed by atoms with Crippen LogP contribution in [0, 0.1) is 5.92 Å². The summed E-state index contributed by atoms with van der Waals surface area (Å²) >= 11 is 1.41. The Morgan fingerprint density at radius 3 is 2.58 bits per heavy atom. The third-order valence-corrected chi connectivity index (χ3v) is 4.64. The van der Waals surface area contributed by atoms with Crippen LogP contribution in [0.4, 0.5) is 0 Å². The number of carbonyl (C=O) groups excluding carboxylic acids is 1. The predicted molar refractivity (Wildman–Crippen MR) is 78.6 cm³/mol. The minimum Gasteiger partial charge on any atom is -0.394 e. The van der Waals surface area contributed by atoms with Gasteiger partial charge in [-0.1, -0.05) is 41.0 Å². The molecule has 0 radical (unpaired) electrons. The maximum absolute atomic E-state index is 12.1. The van der Waals surface area contributed by atoms with Crippen LogP contribution in [-0.2, 0) is 5.41 Å². The fourth-order valence-corrected chi connectivity index (χ4v) is 2.49. The van der Waals surface area contributed by atoms with E-state index < -0.39 is 0 Å². The Labute approximate surface area is 119 Å². The number of thiazole rings is 1. The fraction of sp³-hybridized carbons (Fsp3) is 0.714. The molecule has 2 atom stereocenters. The van der Waals surface area contributed by atoms with E-state index in [1.54, 1.807) is 6.20 Å². The highest BCUT2D eigenvalue weighted by atomic mass is 32.1. The molecule has 0 aliphatic rings. The molecule has 0 fully saturated rings. The molecular weight excluding hydrogens is 260 g/mol. The van der Waals surface area contributed by atoms with Crippen LogP contribution in [0.15, 0.2) is 6.20 Å². The van der Waals surface area contributed by atoms with E-state index in [4.69, 9.17) is 0 Å². The quantitative estimate of drug-likeness (QED) is 0.873. The Morgan fingerprint density at radius 1 is 1.53 bits per heavy atom.